The van der Waals surface area contributed by atoms with E-state index in [2.05, 4.69) is 21.6 Å². The van der Waals surface area contributed by atoms with Gasteiger partial charge in [0.2, 0.25) is 0 Å². The summed E-state index contributed by atoms with van der Waals surface area (Å²) in [6, 6.07) is 2.86. The van der Waals surface area contributed by atoms with Gasteiger partial charge in [0.1, 0.15) is 4.90 Å². The fraction of sp³-hybridized carbons (Fsp3) is 0.609. The van der Waals surface area contributed by atoms with Crippen molar-refractivity contribution in [3.05, 3.63) is 28.8 Å². The highest BCUT2D eigenvalue weighted by Gasteiger charge is 2.46. The van der Waals surface area contributed by atoms with Crippen molar-refractivity contribution in [1.29, 1.82) is 0 Å². The highest BCUT2D eigenvalue weighted by Crippen LogP contribution is 2.45. The van der Waals surface area contributed by atoms with Crippen LogP contribution < -0.4 is 10.6 Å². The standard InChI is InChI=1S/C23H32ClN3O4S/c1-15-5-3-8-18(15)25-22(29)26-19-10-9-17(24)21(20(19)28)32(30,31)23(2)11-13-27(14-12-23)16-6-4-7-16/h5,9-10,16,18,28H,3-4,6-8,11-14H2,1-2H3,(H2,25,26,29)/t18-/m1/s1. The Labute approximate surface area is 195 Å². The van der Waals surface area contributed by atoms with Crippen LogP contribution in [0.3, 0.4) is 0 Å². The number of urea groups is 1. The first-order valence-electron chi connectivity index (χ1n) is 11.4. The maximum Gasteiger partial charge on any atom is 0.319 e. The third-order valence-corrected chi connectivity index (χ3v) is 10.6. The lowest BCUT2D eigenvalue weighted by molar-refractivity contribution is 0.0932. The van der Waals surface area contributed by atoms with E-state index < -0.39 is 26.4 Å². The van der Waals surface area contributed by atoms with Crippen molar-refractivity contribution in [2.45, 2.75) is 80.5 Å². The summed E-state index contributed by atoms with van der Waals surface area (Å²) < 4.78 is 26.3. The summed E-state index contributed by atoms with van der Waals surface area (Å²) in [6.45, 7) is 5.12. The number of anilines is 1. The lowest BCUT2D eigenvalue weighted by atomic mass is 9.88. The van der Waals surface area contributed by atoms with Crippen molar-refractivity contribution in [1.82, 2.24) is 10.2 Å². The number of phenolic OH excluding ortho intramolecular Hbond substituents is 1. The molecule has 0 aromatic heterocycles. The van der Waals surface area contributed by atoms with Crippen molar-refractivity contribution >= 4 is 33.2 Å². The van der Waals surface area contributed by atoms with Crippen LogP contribution in [0, 0.1) is 0 Å². The maximum atomic E-state index is 13.7. The molecule has 4 rings (SSSR count). The zero-order chi connectivity index (χ0) is 23.1. The molecule has 0 radical (unpaired) electrons. The summed E-state index contributed by atoms with van der Waals surface area (Å²) >= 11 is 6.29. The largest absolute Gasteiger partial charge is 0.504 e. The Hall–Kier alpha value is -1.77. The quantitative estimate of drug-likeness (QED) is 0.426. The van der Waals surface area contributed by atoms with E-state index >= 15 is 0 Å². The van der Waals surface area contributed by atoms with Gasteiger partial charge in [0.15, 0.2) is 15.6 Å². The van der Waals surface area contributed by atoms with Gasteiger partial charge in [-0.05, 0) is 77.6 Å². The summed E-state index contributed by atoms with van der Waals surface area (Å²) in [6.07, 6.45) is 8.37. The molecule has 9 heteroatoms. The zero-order valence-electron chi connectivity index (χ0n) is 18.7. The van der Waals surface area contributed by atoms with Gasteiger partial charge in [-0.3, -0.25) is 0 Å². The van der Waals surface area contributed by atoms with Crippen LogP contribution >= 0.6 is 11.6 Å². The molecule has 1 atom stereocenters. The van der Waals surface area contributed by atoms with E-state index in [-0.39, 0.29) is 21.6 Å². The summed E-state index contributed by atoms with van der Waals surface area (Å²) in [5.74, 6) is -0.506. The normalized spacial score (nSPS) is 24.0. The Morgan fingerprint density at radius 2 is 1.91 bits per heavy atom. The third kappa shape index (κ3) is 4.24. The van der Waals surface area contributed by atoms with Crippen LogP contribution in [0.15, 0.2) is 28.7 Å². The lowest BCUT2D eigenvalue weighted by Gasteiger charge is -2.45. The van der Waals surface area contributed by atoms with Gasteiger partial charge in [0.05, 0.1) is 21.5 Å². The Morgan fingerprint density at radius 1 is 1.22 bits per heavy atom. The number of hydrogen-bond acceptors (Lipinski definition) is 5. The van der Waals surface area contributed by atoms with Crippen molar-refractivity contribution < 1.29 is 18.3 Å². The second-order valence-corrected chi connectivity index (χ2v) is 12.3. The number of nitrogens with one attached hydrogen (secondary N) is 2. The predicted octanol–water partition coefficient (Wildman–Crippen LogP) is 4.46. The number of phenols is 1. The minimum absolute atomic E-state index is 0.0283. The van der Waals surface area contributed by atoms with Crippen LogP contribution in [0.5, 0.6) is 5.75 Å². The van der Waals surface area contributed by atoms with Crippen LogP contribution in [0.2, 0.25) is 5.02 Å². The van der Waals surface area contributed by atoms with E-state index in [4.69, 9.17) is 11.6 Å². The minimum atomic E-state index is -3.94. The van der Waals surface area contributed by atoms with Crippen LogP contribution in [0.4, 0.5) is 10.5 Å². The zero-order valence-corrected chi connectivity index (χ0v) is 20.2. The molecule has 1 aromatic carbocycles. The van der Waals surface area contributed by atoms with Gasteiger partial charge < -0.3 is 20.6 Å². The number of allylic oxidation sites excluding steroid dienone is 1. The van der Waals surface area contributed by atoms with Crippen molar-refractivity contribution in [3.63, 3.8) is 0 Å². The molecule has 176 valence electrons. The first kappa shape index (κ1) is 23.4. The molecule has 0 unspecified atom stereocenters. The molecule has 0 spiro atoms. The monoisotopic (exact) mass is 481 g/mol. The van der Waals surface area contributed by atoms with Gasteiger partial charge in [-0.1, -0.05) is 29.7 Å². The molecule has 7 nitrogen and oxygen atoms in total. The molecule has 32 heavy (non-hydrogen) atoms. The Kier molecular flexibility index (Phi) is 6.49. The molecule has 3 aliphatic rings. The highest BCUT2D eigenvalue weighted by atomic mass is 35.5. The smallest absolute Gasteiger partial charge is 0.319 e. The fourth-order valence-corrected chi connectivity index (χ4v) is 7.24. The van der Waals surface area contributed by atoms with Gasteiger partial charge in [-0.15, -0.1) is 0 Å². The first-order chi connectivity index (χ1) is 15.1. The Balaban J connectivity index is 1.53. The van der Waals surface area contributed by atoms with Crippen LogP contribution in [0.1, 0.15) is 58.8 Å². The number of aromatic hydroxyl groups is 1. The van der Waals surface area contributed by atoms with E-state index in [1.807, 2.05) is 6.92 Å². The number of likely N-dealkylation sites (tertiary alicyclic amines) is 1. The molecule has 1 saturated carbocycles. The number of nitrogens with zero attached hydrogens (tertiary/aromatic N) is 1. The van der Waals surface area contributed by atoms with Gasteiger partial charge >= 0.3 is 6.03 Å². The number of carbonyl (C=O) groups excluding carboxylic acids is 1. The number of carbonyl (C=O) groups is 1. The molecule has 2 fully saturated rings. The second-order valence-electron chi connectivity index (χ2n) is 9.52. The Morgan fingerprint density at radius 3 is 2.47 bits per heavy atom. The van der Waals surface area contributed by atoms with Gasteiger partial charge in [-0.25, -0.2) is 13.2 Å². The van der Waals surface area contributed by atoms with E-state index in [1.54, 1.807) is 6.92 Å². The Bertz CT molecular complexity index is 1030. The molecule has 1 saturated heterocycles. The van der Waals surface area contributed by atoms with Crippen molar-refractivity contribution in [3.8, 4) is 5.75 Å². The summed E-state index contributed by atoms with van der Waals surface area (Å²) in [4.78, 5) is 14.5. The average molecular weight is 482 g/mol. The number of rotatable bonds is 5. The molecule has 2 aliphatic carbocycles. The number of piperidine rings is 1. The second kappa shape index (κ2) is 8.88. The molecular weight excluding hydrogens is 450 g/mol. The van der Waals surface area contributed by atoms with Crippen LogP contribution in [-0.2, 0) is 9.84 Å². The topological polar surface area (TPSA) is 98.7 Å². The molecule has 0 bridgehead atoms. The van der Waals surface area contributed by atoms with E-state index in [0.29, 0.717) is 32.0 Å². The summed E-state index contributed by atoms with van der Waals surface area (Å²) in [5.41, 5.74) is 1.12. The maximum absolute atomic E-state index is 13.7. The minimum Gasteiger partial charge on any atom is -0.504 e. The summed E-state index contributed by atoms with van der Waals surface area (Å²) in [5, 5.41) is 16.3. The van der Waals surface area contributed by atoms with E-state index in [1.165, 1.54) is 31.4 Å². The number of amides is 2. The number of benzene rings is 1. The van der Waals surface area contributed by atoms with Gasteiger partial charge in [0.25, 0.3) is 0 Å². The SMILES string of the molecule is CC1=CCC[C@H]1NC(=O)Nc1ccc(Cl)c(S(=O)(=O)C2(C)CCN(C3CCC3)CC2)c1O. The lowest BCUT2D eigenvalue weighted by Crippen LogP contribution is -2.51. The predicted molar refractivity (Wildman–Crippen MR) is 126 cm³/mol. The first-order valence-corrected chi connectivity index (χ1v) is 13.2. The van der Waals surface area contributed by atoms with Crippen LogP contribution in [-0.4, -0.2) is 54.4 Å². The molecule has 2 amide bonds. The third-order valence-electron chi connectivity index (χ3n) is 7.47. The summed E-state index contributed by atoms with van der Waals surface area (Å²) in [7, 11) is -3.94. The van der Waals surface area contributed by atoms with Gasteiger partial charge in [0, 0.05) is 6.04 Å². The molecule has 3 N–H and O–H groups in total. The number of sulfone groups is 1. The molecule has 1 heterocycles. The average Bonchev–Trinajstić information content (AvgIpc) is 3.09. The van der Waals surface area contributed by atoms with E-state index in [0.717, 1.165) is 18.4 Å². The molecule has 1 aromatic rings. The highest BCUT2D eigenvalue weighted by molar-refractivity contribution is 7.93. The molecule has 1 aliphatic heterocycles. The van der Waals surface area contributed by atoms with Crippen molar-refractivity contribution in [2.75, 3.05) is 18.4 Å². The fourth-order valence-electron chi connectivity index (χ4n) is 4.88. The van der Waals surface area contributed by atoms with Crippen molar-refractivity contribution in [2.24, 2.45) is 0 Å². The molecular formula is C23H32ClN3O4S. The van der Waals surface area contributed by atoms with Crippen LogP contribution in [0.25, 0.3) is 0 Å². The van der Waals surface area contributed by atoms with Gasteiger partial charge in [-0.2, -0.15) is 0 Å². The number of hydrogen-bond donors (Lipinski definition) is 3. The van der Waals surface area contributed by atoms with E-state index in [9.17, 15) is 18.3 Å². The number of halogens is 1.